The molecule has 61 heavy (non-hydrogen) atoms. The van der Waals surface area contributed by atoms with Gasteiger partial charge in [-0.2, -0.15) is 0 Å². The van der Waals surface area contributed by atoms with E-state index in [0.29, 0.717) is 0 Å². The molecule has 0 heterocycles. The average molecular weight is 778 g/mol. The van der Waals surface area contributed by atoms with Gasteiger partial charge in [0.25, 0.3) is 0 Å². The second-order valence-electron chi connectivity index (χ2n) is 17.3. The van der Waals surface area contributed by atoms with E-state index in [0.717, 1.165) is 17.1 Å². The van der Waals surface area contributed by atoms with Gasteiger partial charge in [-0.05, 0) is 165 Å². The number of hydrogen-bond acceptors (Lipinski definition) is 1. The minimum Gasteiger partial charge on any atom is -0.310 e. The highest BCUT2D eigenvalue weighted by Crippen LogP contribution is 2.53. The van der Waals surface area contributed by atoms with E-state index < -0.39 is 0 Å². The van der Waals surface area contributed by atoms with Crippen LogP contribution >= 0.6 is 0 Å². The predicted octanol–water partition coefficient (Wildman–Crippen LogP) is 16.9. The largest absolute Gasteiger partial charge is 0.310 e. The summed E-state index contributed by atoms with van der Waals surface area (Å²) in [6.45, 7) is 6.98. The maximum Gasteiger partial charge on any atom is 0.0464 e. The van der Waals surface area contributed by atoms with Gasteiger partial charge in [0.05, 0.1) is 0 Å². The molecule has 0 radical (unpaired) electrons. The molecule has 0 bridgehead atoms. The zero-order chi connectivity index (χ0) is 40.8. The van der Waals surface area contributed by atoms with E-state index >= 15 is 0 Å². The van der Waals surface area contributed by atoms with Gasteiger partial charge in [0.15, 0.2) is 0 Å². The summed E-state index contributed by atoms with van der Waals surface area (Å²) in [5.41, 5.74) is 15.0. The molecule has 11 aromatic rings. The molecule has 0 spiro atoms. The number of aryl methyl sites for hydroxylation is 1. The maximum atomic E-state index is 2.50. The van der Waals surface area contributed by atoms with Crippen molar-refractivity contribution < 1.29 is 0 Å². The van der Waals surface area contributed by atoms with Crippen molar-refractivity contribution in [1.29, 1.82) is 0 Å². The van der Waals surface area contributed by atoms with Crippen LogP contribution in [0.5, 0.6) is 0 Å². The van der Waals surface area contributed by atoms with Gasteiger partial charge in [-0.25, -0.2) is 0 Å². The van der Waals surface area contributed by atoms with Gasteiger partial charge in [-0.15, -0.1) is 0 Å². The first-order valence-corrected chi connectivity index (χ1v) is 21.4. The Morgan fingerprint density at radius 3 is 1.33 bits per heavy atom. The second-order valence-corrected chi connectivity index (χ2v) is 17.3. The minimum absolute atomic E-state index is 0.180. The summed E-state index contributed by atoms with van der Waals surface area (Å²) < 4.78 is 0. The van der Waals surface area contributed by atoms with E-state index in [9.17, 15) is 0 Å². The molecule has 1 aliphatic rings. The molecule has 0 aromatic heterocycles. The second kappa shape index (κ2) is 13.5. The van der Waals surface area contributed by atoms with E-state index in [2.05, 4.69) is 232 Å². The van der Waals surface area contributed by atoms with Crippen molar-refractivity contribution >= 4 is 70.9 Å². The Labute approximate surface area is 356 Å². The third-order valence-corrected chi connectivity index (χ3v) is 13.4. The van der Waals surface area contributed by atoms with Gasteiger partial charge in [-0.3, -0.25) is 0 Å². The molecule has 288 valence electrons. The molecular weight excluding hydrogens is 735 g/mol. The highest BCUT2D eigenvalue weighted by molar-refractivity contribution is 6.26. The van der Waals surface area contributed by atoms with E-state index in [1.807, 2.05) is 0 Å². The summed E-state index contributed by atoms with van der Waals surface area (Å²) in [5, 5.41) is 13.0. The molecule has 0 saturated carbocycles. The van der Waals surface area contributed by atoms with Crippen molar-refractivity contribution in [1.82, 2.24) is 0 Å². The predicted molar refractivity (Wildman–Crippen MR) is 262 cm³/mol. The number of rotatable bonds is 5. The molecule has 12 rings (SSSR count). The summed E-state index contributed by atoms with van der Waals surface area (Å²) >= 11 is 0. The lowest BCUT2D eigenvalue weighted by atomic mass is 9.79. The molecule has 1 heteroatoms. The van der Waals surface area contributed by atoms with Crippen LogP contribution in [-0.2, 0) is 5.41 Å². The van der Waals surface area contributed by atoms with Crippen LogP contribution in [0.3, 0.4) is 0 Å². The van der Waals surface area contributed by atoms with Crippen molar-refractivity contribution in [2.24, 2.45) is 0 Å². The summed E-state index contributed by atoms with van der Waals surface area (Å²) in [7, 11) is 0. The summed E-state index contributed by atoms with van der Waals surface area (Å²) in [6, 6.07) is 76.7. The number of hydrogen-bond donors (Lipinski definition) is 0. The van der Waals surface area contributed by atoms with Crippen molar-refractivity contribution in [3.05, 3.63) is 223 Å². The quantitative estimate of drug-likeness (QED) is 0.124. The number of nitrogens with zero attached hydrogens (tertiary/aromatic N) is 1. The minimum atomic E-state index is -0.180. The van der Waals surface area contributed by atoms with Crippen molar-refractivity contribution in [3.8, 4) is 33.4 Å². The van der Waals surface area contributed by atoms with Gasteiger partial charge >= 0.3 is 0 Å². The topological polar surface area (TPSA) is 3.24 Å². The van der Waals surface area contributed by atoms with Crippen LogP contribution in [0.1, 0.15) is 30.5 Å². The molecule has 0 fully saturated rings. The number of para-hydroxylation sites is 1. The Morgan fingerprint density at radius 1 is 0.311 bits per heavy atom. The Kier molecular flexibility index (Phi) is 7.86. The van der Waals surface area contributed by atoms with Crippen LogP contribution in [0.15, 0.2) is 206 Å². The van der Waals surface area contributed by atoms with Crippen LogP contribution in [0.4, 0.5) is 17.1 Å². The van der Waals surface area contributed by atoms with Crippen LogP contribution in [0, 0.1) is 6.92 Å². The van der Waals surface area contributed by atoms with Crippen LogP contribution in [0.2, 0.25) is 0 Å². The van der Waals surface area contributed by atoms with Crippen LogP contribution in [-0.4, -0.2) is 0 Å². The monoisotopic (exact) mass is 777 g/mol. The molecule has 0 N–H and O–H groups in total. The maximum absolute atomic E-state index is 2.50. The summed E-state index contributed by atoms with van der Waals surface area (Å²) in [5.74, 6) is 0. The van der Waals surface area contributed by atoms with E-state index in [4.69, 9.17) is 0 Å². The molecule has 0 aliphatic heterocycles. The molecule has 0 atom stereocenters. The standard InChI is InChI=1S/C60H43N/c1-38-16-15-19-43(34-38)61(41-17-5-4-6-18-41)42-31-28-39(29-32-42)58-49-24-11-13-26-51(49)59(52-27-14-12-25-50(52)58)40-30-33-48-55-36-53-46-22-9-7-20-44(46)45-21-8-10-23-47(45)54(53)37-57(55)60(2,3)56(48)35-40/h4-37H,1-3H3. The fourth-order valence-electron chi connectivity index (χ4n) is 10.6. The smallest absolute Gasteiger partial charge is 0.0464 e. The van der Waals surface area contributed by atoms with Crippen LogP contribution < -0.4 is 4.90 Å². The highest BCUT2D eigenvalue weighted by atomic mass is 15.1. The normalized spacial score (nSPS) is 13.0. The first-order valence-electron chi connectivity index (χ1n) is 21.4. The average Bonchev–Trinajstić information content (AvgIpc) is 3.52. The van der Waals surface area contributed by atoms with Crippen molar-refractivity contribution in [2.45, 2.75) is 26.2 Å². The zero-order valence-electron chi connectivity index (χ0n) is 34.6. The SMILES string of the molecule is Cc1cccc(N(c2ccccc2)c2ccc(-c3c4ccccc4c(-c4ccc5c(c4)C(C)(C)c4cc6c7ccccc7c7ccccc7c6cc4-5)c4ccccc34)cc2)c1. The van der Waals surface area contributed by atoms with Crippen LogP contribution in [0.25, 0.3) is 87.2 Å². The fraction of sp³-hybridized carbons (Fsp3) is 0.0667. The van der Waals surface area contributed by atoms with E-state index in [-0.39, 0.29) is 5.41 Å². The zero-order valence-corrected chi connectivity index (χ0v) is 34.6. The summed E-state index contributed by atoms with van der Waals surface area (Å²) in [6.07, 6.45) is 0. The van der Waals surface area contributed by atoms with Gasteiger partial charge in [0.1, 0.15) is 0 Å². The number of anilines is 3. The molecule has 11 aromatic carbocycles. The van der Waals surface area contributed by atoms with Crippen molar-refractivity contribution in [3.63, 3.8) is 0 Å². The molecule has 0 unspecified atom stereocenters. The Morgan fingerprint density at radius 2 is 0.754 bits per heavy atom. The number of fused-ring (bicyclic) bond motifs is 11. The first-order chi connectivity index (χ1) is 29.9. The van der Waals surface area contributed by atoms with Gasteiger partial charge in [0, 0.05) is 22.5 Å². The van der Waals surface area contributed by atoms with Gasteiger partial charge in [0.2, 0.25) is 0 Å². The lowest BCUT2D eigenvalue weighted by Crippen LogP contribution is -2.15. The Balaban J connectivity index is 1.02. The van der Waals surface area contributed by atoms with E-state index in [1.165, 1.54) is 104 Å². The van der Waals surface area contributed by atoms with Gasteiger partial charge < -0.3 is 4.90 Å². The molecule has 0 saturated heterocycles. The molecule has 0 amide bonds. The number of benzene rings is 11. The molecule has 1 nitrogen and oxygen atoms in total. The molecular formula is C60H43N. The lowest BCUT2D eigenvalue weighted by Gasteiger charge is -2.26. The molecule has 1 aliphatic carbocycles. The Hall–Kier alpha value is -7.48. The Bertz CT molecular complexity index is 3500. The fourth-order valence-corrected chi connectivity index (χ4v) is 10.6. The first kappa shape index (κ1) is 35.5. The lowest BCUT2D eigenvalue weighted by molar-refractivity contribution is 0.661. The third-order valence-electron chi connectivity index (χ3n) is 13.4. The highest BCUT2D eigenvalue weighted by Gasteiger charge is 2.36. The van der Waals surface area contributed by atoms with E-state index in [1.54, 1.807) is 0 Å². The summed E-state index contributed by atoms with van der Waals surface area (Å²) in [4.78, 5) is 2.34. The third kappa shape index (κ3) is 5.40. The van der Waals surface area contributed by atoms with Gasteiger partial charge in [-0.1, -0.05) is 166 Å². The van der Waals surface area contributed by atoms with Crippen molar-refractivity contribution in [2.75, 3.05) is 4.90 Å².